The Hall–Kier alpha value is -3.43. The third-order valence-corrected chi connectivity index (χ3v) is 13.3. The summed E-state index contributed by atoms with van der Waals surface area (Å²) in [7, 11) is 1.00. The molecule has 0 bridgehead atoms. The Labute approximate surface area is 445 Å². The molecule has 66 heavy (non-hydrogen) atoms. The largest absolute Gasteiger partial charge is 0.481 e. The maximum atomic E-state index is 11.6. The molecule has 6 aromatic carbocycles. The number of aliphatic hydroxyl groups excluding tert-OH is 2. The lowest BCUT2D eigenvalue weighted by Gasteiger charge is -2.21. The minimum atomic E-state index is -0.726. The second-order valence-corrected chi connectivity index (χ2v) is 19.7. The summed E-state index contributed by atoms with van der Waals surface area (Å²) in [5, 5.41) is 35.7. The topological polar surface area (TPSA) is 141 Å². The first-order valence-corrected chi connectivity index (χ1v) is 26.2. The molecule has 0 heterocycles. The molecule has 0 aliphatic heterocycles. The minimum Gasteiger partial charge on any atom is -0.481 e. The molecule has 0 saturated carbocycles. The highest BCUT2D eigenvalue weighted by Crippen LogP contribution is 2.23. The van der Waals surface area contributed by atoms with Crippen LogP contribution < -0.4 is 0 Å². The molecule has 0 unspecified atom stereocenters. The zero-order valence-electron chi connectivity index (χ0n) is 37.4. The van der Waals surface area contributed by atoms with Crippen LogP contribution in [0.1, 0.15) is 53.6 Å². The number of ether oxygens (including phenoxy) is 1. The molecule has 0 spiro atoms. The average Bonchev–Trinajstić information content (AvgIpc) is 3.33. The van der Waals surface area contributed by atoms with Gasteiger partial charge in [0.2, 0.25) is 0 Å². The predicted octanol–water partition coefficient (Wildman–Crippen LogP) is 12.6. The fraction of sp³-hybridized carbons (Fsp3) is 0.278. The molecular weight excluding hydrogens is 1280 g/mol. The molecule has 0 aromatic heterocycles. The van der Waals surface area contributed by atoms with E-state index in [0.29, 0.717) is 38.6 Å². The van der Waals surface area contributed by atoms with Crippen molar-refractivity contribution in [2.75, 3.05) is 7.11 Å². The lowest BCUT2D eigenvalue weighted by molar-refractivity contribution is -0.143. The number of hydrogen-bond donors (Lipinski definition) is 4. The first kappa shape index (κ1) is 58.7. The molecule has 6 rings (SSSR count). The molecule has 0 radical (unpaired) electrons. The SMILES string of the molecule is CC[C@H](Cc1ccccc1)C(=O)O.CO.C[C@@H](Cc1ccc(I)cc1)[C@H](Cc1ccccc1)C(=O)O.ICc1ccc(I)cc1.O=CO[C@@H](Cc1ccccc1)[C@@H](O)Cc1ccc(I)cc1. The molecule has 0 aliphatic rings. The zero-order chi connectivity index (χ0) is 48.7. The van der Waals surface area contributed by atoms with Gasteiger partial charge in [0.15, 0.2) is 0 Å². The Balaban J connectivity index is 0.000000312. The van der Waals surface area contributed by atoms with Crippen LogP contribution in [0.2, 0.25) is 0 Å². The molecule has 12 heteroatoms. The quantitative estimate of drug-likeness (QED) is 0.0379. The summed E-state index contributed by atoms with van der Waals surface area (Å²) in [6.45, 7) is 4.34. The maximum Gasteiger partial charge on any atom is 0.307 e. The summed E-state index contributed by atoms with van der Waals surface area (Å²) in [5.41, 5.74) is 6.83. The Morgan fingerprint density at radius 3 is 1.26 bits per heavy atom. The Bertz CT molecular complexity index is 2190. The first-order valence-electron chi connectivity index (χ1n) is 21.4. The summed E-state index contributed by atoms with van der Waals surface area (Å²) in [4.78, 5) is 33.0. The van der Waals surface area contributed by atoms with Crippen molar-refractivity contribution < 1.29 is 39.5 Å². The van der Waals surface area contributed by atoms with E-state index in [9.17, 15) is 24.6 Å². The number of aliphatic carboxylic acids is 2. The smallest absolute Gasteiger partial charge is 0.307 e. The van der Waals surface area contributed by atoms with Crippen LogP contribution in [-0.2, 0) is 55.7 Å². The van der Waals surface area contributed by atoms with Gasteiger partial charge in [-0.1, -0.05) is 164 Å². The number of aliphatic hydroxyl groups is 2. The van der Waals surface area contributed by atoms with E-state index in [1.807, 2.05) is 129 Å². The predicted molar refractivity (Wildman–Crippen MR) is 300 cm³/mol. The number of carboxylic acids is 2. The Kier molecular flexibility index (Phi) is 30.9. The van der Waals surface area contributed by atoms with Crippen molar-refractivity contribution >= 4 is 109 Å². The van der Waals surface area contributed by atoms with Gasteiger partial charge in [-0.25, -0.2) is 0 Å². The molecule has 0 aliphatic carbocycles. The highest BCUT2D eigenvalue weighted by molar-refractivity contribution is 14.1. The standard InChI is InChI=1S/C18H19IO2.C17H17IO3.C11H14O2.C7H6I2.CH4O/c1-13(11-15-7-9-16(19)10-8-15)17(18(20)21)12-14-5-3-2-4-6-14;18-15-8-6-14(7-9-15)10-16(20)17(21-12-19)11-13-4-2-1-3-5-13;1-2-10(11(12)13)8-9-6-4-3-5-7-9;8-5-6-1-3-7(9)4-2-6;1-2/h2-10,13,17H,11-12H2,1H3,(H,20,21);1-9,12,16-17,20H,10-11H2;3-7,10H,2,8H2,1H3,(H,12,13);1-4H,5H2;2H,1H3/t13-,17-;16-,17-;10-;;/m001../s1. The third kappa shape index (κ3) is 24.5. The maximum absolute atomic E-state index is 11.6. The lowest BCUT2D eigenvalue weighted by atomic mass is 9.84. The van der Waals surface area contributed by atoms with Gasteiger partial charge < -0.3 is 25.2 Å². The van der Waals surface area contributed by atoms with Crippen molar-refractivity contribution in [2.45, 2.75) is 69.0 Å². The van der Waals surface area contributed by atoms with Crippen molar-refractivity contribution in [3.05, 3.63) is 208 Å². The Morgan fingerprint density at radius 2 is 0.894 bits per heavy atom. The normalized spacial score (nSPS) is 12.4. The second-order valence-electron chi connectivity index (χ2n) is 15.2. The monoisotopic (exact) mass is 1340 g/mol. The van der Waals surface area contributed by atoms with Crippen LogP contribution in [0.4, 0.5) is 0 Å². The highest BCUT2D eigenvalue weighted by Gasteiger charge is 2.25. The summed E-state index contributed by atoms with van der Waals surface area (Å²) in [6.07, 6.45) is 2.40. The van der Waals surface area contributed by atoms with Crippen LogP contribution >= 0.6 is 90.4 Å². The van der Waals surface area contributed by atoms with Gasteiger partial charge in [-0.2, -0.15) is 0 Å². The van der Waals surface area contributed by atoms with E-state index in [1.165, 1.54) is 18.3 Å². The Morgan fingerprint density at radius 1 is 0.530 bits per heavy atom. The number of benzene rings is 6. The van der Waals surface area contributed by atoms with Gasteiger partial charge in [-0.3, -0.25) is 14.4 Å². The number of halogens is 4. The second kappa shape index (κ2) is 34.8. The van der Waals surface area contributed by atoms with E-state index >= 15 is 0 Å². The molecule has 8 nitrogen and oxygen atoms in total. The number of carbonyl (C=O) groups excluding carboxylic acids is 1. The van der Waals surface area contributed by atoms with Crippen LogP contribution in [-0.4, -0.2) is 58.2 Å². The molecule has 5 atom stereocenters. The zero-order valence-corrected chi connectivity index (χ0v) is 46.1. The lowest BCUT2D eigenvalue weighted by Crippen LogP contribution is -2.32. The number of alkyl halides is 1. The number of carbonyl (C=O) groups is 3. The van der Waals surface area contributed by atoms with Gasteiger partial charge in [-0.15, -0.1) is 0 Å². The number of carboxylic acid groups (broad SMARTS) is 2. The molecule has 4 N–H and O–H groups in total. The molecule has 352 valence electrons. The fourth-order valence-electron chi connectivity index (χ4n) is 6.60. The number of hydrogen-bond acceptors (Lipinski definition) is 6. The van der Waals surface area contributed by atoms with E-state index in [4.69, 9.17) is 14.9 Å². The van der Waals surface area contributed by atoms with Crippen LogP contribution in [0.25, 0.3) is 0 Å². The minimum absolute atomic E-state index is 0.0998. The summed E-state index contributed by atoms with van der Waals surface area (Å²) in [6, 6.07) is 54.1. The summed E-state index contributed by atoms with van der Waals surface area (Å²) in [5.74, 6) is -1.92. The van der Waals surface area contributed by atoms with Gasteiger partial charge in [0, 0.05) is 35.1 Å². The summed E-state index contributed by atoms with van der Waals surface area (Å²) < 4.78 is 9.83. The van der Waals surface area contributed by atoms with E-state index in [0.717, 1.165) is 43.8 Å². The van der Waals surface area contributed by atoms with Crippen LogP contribution in [0.15, 0.2) is 164 Å². The third-order valence-electron chi connectivity index (χ3n) is 10.3. The van der Waals surface area contributed by atoms with E-state index in [-0.39, 0.29) is 17.8 Å². The van der Waals surface area contributed by atoms with Crippen molar-refractivity contribution in [1.29, 1.82) is 0 Å². The van der Waals surface area contributed by atoms with Crippen molar-refractivity contribution in [3.63, 3.8) is 0 Å². The number of rotatable bonds is 18. The van der Waals surface area contributed by atoms with Crippen LogP contribution in [0, 0.1) is 28.5 Å². The fourth-order valence-corrected chi connectivity index (χ4v) is 8.19. The molecular formula is C54H60I4O8. The molecule has 0 fully saturated rings. The first-order chi connectivity index (χ1) is 31.8. The van der Waals surface area contributed by atoms with Crippen molar-refractivity contribution in [3.8, 4) is 0 Å². The van der Waals surface area contributed by atoms with Gasteiger partial charge in [0.05, 0.1) is 17.9 Å². The average molecular weight is 1340 g/mol. The van der Waals surface area contributed by atoms with Crippen molar-refractivity contribution in [2.24, 2.45) is 17.8 Å². The van der Waals surface area contributed by atoms with Gasteiger partial charge in [0.25, 0.3) is 6.47 Å². The molecule has 0 saturated heterocycles. The molecule has 0 amide bonds. The van der Waals surface area contributed by atoms with E-state index < -0.39 is 24.1 Å². The highest BCUT2D eigenvalue weighted by atomic mass is 127. The van der Waals surface area contributed by atoms with Crippen LogP contribution in [0.5, 0.6) is 0 Å². The van der Waals surface area contributed by atoms with Gasteiger partial charge in [0.1, 0.15) is 6.10 Å². The van der Waals surface area contributed by atoms with E-state index in [1.54, 1.807) is 0 Å². The van der Waals surface area contributed by atoms with Gasteiger partial charge >= 0.3 is 11.9 Å². The summed E-state index contributed by atoms with van der Waals surface area (Å²) >= 11 is 9.19. The van der Waals surface area contributed by atoms with Gasteiger partial charge in [-0.05, 0) is 169 Å². The van der Waals surface area contributed by atoms with Crippen molar-refractivity contribution in [1.82, 2.24) is 0 Å². The van der Waals surface area contributed by atoms with Crippen LogP contribution in [0.3, 0.4) is 0 Å². The molecule has 6 aromatic rings. The van der Waals surface area contributed by atoms with E-state index in [2.05, 4.69) is 139 Å².